The van der Waals surface area contributed by atoms with Gasteiger partial charge in [-0.2, -0.15) is 0 Å². The third-order valence-corrected chi connectivity index (χ3v) is 3.43. The standard InChI is InChI=1S/C15H26O2/c1-12(2)7-5-8-13(3)9-6-10-15(4)14(11-16)17-15/h7,9,14,16H,5-6,8,10-11H2,1-4H3/b13-9+. The van der Waals surface area contributed by atoms with Gasteiger partial charge in [-0.1, -0.05) is 23.3 Å². The molecule has 17 heavy (non-hydrogen) atoms. The van der Waals surface area contributed by atoms with Crippen LogP contribution >= 0.6 is 0 Å². The van der Waals surface area contributed by atoms with Crippen LogP contribution in [0, 0.1) is 0 Å². The molecule has 0 bridgehead atoms. The molecule has 1 rings (SSSR count). The maximum Gasteiger partial charge on any atom is 0.110 e. The van der Waals surface area contributed by atoms with Crippen molar-refractivity contribution in [2.75, 3.05) is 6.61 Å². The highest BCUT2D eigenvalue weighted by molar-refractivity contribution is 5.05. The van der Waals surface area contributed by atoms with E-state index in [-0.39, 0.29) is 18.3 Å². The van der Waals surface area contributed by atoms with Gasteiger partial charge in [0.05, 0.1) is 12.2 Å². The summed E-state index contributed by atoms with van der Waals surface area (Å²) in [4.78, 5) is 0. The van der Waals surface area contributed by atoms with E-state index in [0.29, 0.717) is 0 Å². The summed E-state index contributed by atoms with van der Waals surface area (Å²) in [5, 5.41) is 8.97. The number of allylic oxidation sites excluding steroid dienone is 4. The predicted octanol–water partition coefficient (Wildman–Crippen LogP) is 3.61. The van der Waals surface area contributed by atoms with Gasteiger partial charge < -0.3 is 9.84 Å². The molecule has 0 spiro atoms. The molecule has 0 aromatic heterocycles. The van der Waals surface area contributed by atoms with Gasteiger partial charge in [-0.25, -0.2) is 0 Å². The summed E-state index contributed by atoms with van der Waals surface area (Å²) >= 11 is 0. The minimum absolute atomic E-state index is 0.0640. The van der Waals surface area contributed by atoms with Gasteiger partial charge in [-0.05, 0) is 53.4 Å². The lowest BCUT2D eigenvalue weighted by atomic mass is 10.00. The first-order valence-corrected chi connectivity index (χ1v) is 6.55. The summed E-state index contributed by atoms with van der Waals surface area (Å²) in [5.41, 5.74) is 2.78. The molecule has 0 amide bonds. The number of aliphatic hydroxyl groups is 1. The van der Waals surface area contributed by atoms with Crippen LogP contribution in [0.1, 0.15) is 53.4 Å². The lowest BCUT2D eigenvalue weighted by Crippen LogP contribution is -2.11. The minimum Gasteiger partial charge on any atom is -0.394 e. The summed E-state index contributed by atoms with van der Waals surface area (Å²) in [7, 11) is 0. The molecule has 0 aromatic rings. The second-order valence-corrected chi connectivity index (χ2v) is 5.51. The molecule has 2 atom stereocenters. The number of aliphatic hydroxyl groups excluding tert-OH is 1. The predicted molar refractivity (Wildman–Crippen MR) is 72.0 cm³/mol. The van der Waals surface area contributed by atoms with Crippen LogP contribution < -0.4 is 0 Å². The fraction of sp³-hybridized carbons (Fsp3) is 0.733. The normalized spacial score (nSPS) is 28.1. The topological polar surface area (TPSA) is 32.8 Å². The third-order valence-electron chi connectivity index (χ3n) is 3.43. The van der Waals surface area contributed by atoms with Crippen molar-refractivity contribution in [3.63, 3.8) is 0 Å². The Morgan fingerprint density at radius 1 is 1.24 bits per heavy atom. The summed E-state index contributed by atoms with van der Waals surface area (Å²) in [5.74, 6) is 0. The van der Waals surface area contributed by atoms with Crippen LogP contribution in [-0.4, -0.2) is 23.4 Å². The van der Waals surface area contributed by atoms with Gasteiger partial charge in [-0.3, -0.25) is 0 Å². The van der Waals surface area contributed by atoms with Gasteiger partial charge in [0.25, 0.3) is 0 Å². The molecule has 0 aliphatic carbocycles. The minimum atomic E-state index is -0.0640. The van der Waals surface area contributed by atoms with E-state index < -0.39 is 0 Å². The molecule has 1 aliphatic rings. The lowest BCUT2D eigenvalue weighted by Gasteiger charge is -2.04. The number of hydrogen-bond acceptors (Lipinski definition) is 2. The van der Waals surface area contributed by atoms with Gasteiger partial charge >= 0.3 is 0 Å². The number of ether oxygens (including phenoxy) is 1. The fourth-order valence-corrected chi connectivity index (χ4v) is 2.04. The Hall–Kier alpha value is -0.600. The van der Waals surface area contributed by atoms with Gasteiger partial charge in [-0.15, -0.1) is 0 Å². The van der Waals surface area contributed by atoms with Crippen LogP contribution in [0.5, 0.6) is 0 Å². The number of rotatable bonds is 7. The molecule has 98 valence electrons. The maximum absolute atomic E-state index is 8.97. The van der Waals surface area contributed by atoms with E-state index in [9.17, 15) is 0 Å². The highest BCUT2D eigenvalue weighted by Gasteiger charge is 2.50. The Kier molecular flexibility index (Phi) is 5.41. The van der Waals surface area contributed by atoms with E-state index in [1.165, 1.54) is 11.1 Å². The van der Waals surface area contributed by atoms with Gasteiger partial charge in [0, 0.05) is 0 Å². The molecular weight excluding hydrogens is 212 g/mol. The Morgan fingerprint density at radius 2 is 1.94 bits per heavy atom. The van der Waals surface area contributed by atoms with Crippen molar-refractivity contribution in [1.82, 2.24) is 0 Å². The molecule has 1 aliphatic heterocycles. The molecule has 1 fully saturated rings. The van der Waals surface area contributed by atoms with Crippen LogP contribution in [0.4, 0.5) is 0 Å². The zero-order valence-corrected chi connectivity index (χ0v) is 11.6. The third kappa shape index (κ3) is 5.05. The van der Waals surface area contributed by atoms with Crippen LogP contribution in [-0.2, 0) is 4.74 Å². The largest absolute Gasteiger partial charge is 0.394 e. The lowest BCUT2D eigenvalue weighted by molar-refractivity contribution is 0.235. The first-order chi connectivity index (χ1) is 7.98. The fourth-order valence-electron chi connectivity index (χ4n) is 2.04. The first-order valence-electron chi connectivity index (χ1n) is 6.55. The maximum atomic E-state index is 8.97. The van der Waals surface area contributed by atoms with E-state index >= 15 is 0 Å². The Bertz CT molecular complexity index is 300. The highest BCUT2D eigenvalue weighted by atomic mass is 16.6. The van der Waals surface area contributed by atoms with E-state index in [0.717, 1.165) is 25.7 Å². The van der Waals surface area contributed by atoms with Crippen LogP contribution in [0.2, 0.25) is 0 Å². The van der Waals surface area contributed by atoms with Crippen molar-refractivity contribution in [2.45, 2.75) is 65.1 Å². The van der Waals surface area contributed by atoms with Crippen molar-refractivity contribution >= 4 is 0 Å². The van der Waals surface area contributed by atoms with E-state index in [1.54, 1.807) is 0 Å². The number of epoxide rings is 1. The van der Waals surface area contributed by atoms with E-state index in [4.69, 9.17) is 9.84 Å². The first kappa shape index (κ1) is 14.5. The average Bonchev–Trinajstić information content (AvgIpc) is 2.89. The molecule has 2 unspecified atom stereocenters. The van der Waals surface area contributed by atoms with Gasteiger partial charge in [0.15, 0.2) is 0 Å². The summed E-state index contributed by atoms with van der Waals surface area (Å²) in [6, 6.07) is 0. The molecule has 1 N–H and O–H groups in total. The van der Waals surface area contributed by atoms with E-state index in [1.807, 2.05) is 0 Å². The number of hydrogen-bond donors (Lipinski definition) is 1. The summed E-state index contributed by atoms with van der Waals surface area (Å²) < 4.78 is 5.46. The molecular formula is C15H26O2. The molecule has 0 aromatic carbocycles. The quantitative estimate of drug-likeness (QED) is 0.543. The highest BCUT2D eigenvalue weighted by Crippen LogP contribution is 2.39. The molecule has 2 heteroatoms. The SMILES string of the molecule is CC(C)=CCC/C(C)=C/CCC1(C)OC1CO. The van der Waals surface area contributed by atoms with E-state index in [2.05, 4.69) is 39.8 Å². The second-order valence-electron chi connectivity index (χ2n) is 5.51. The zero-order chi connectivity index (χ0) is 12.9. The smallest absolute Gasteiger partial charge is 0.110 e. The Labute approximate surface area is 105 Å². The van der Waals surface area contributed by atoms with Crippen molar-refractivity contribution in [2.24, 2.45) is 0 Å². The van der Waals surface area contributed by atoms with Gasteiger partial charge in [0.2, 0.25) is 0 Å². The monoisotopic (exact) mass is 238 g/mol. The summed E-state index contributed by atoms with van der Waals surface area (Å²) in [6.07, 6.45) is 9.00. The van der Waals surface area contributed by atoms with Crippen molar-refractivity contribution in [1.29, 1.82) is 0 Å². The van der Waals surface area contributed by atoms with Crippen LogP contribution in [0.3, 0.4) is 0 Å². The molecule has 2 nitrogen and oxygen atoms in total. The molecule has 0 saturated carbocycles. The second kappa shape index (κ2) is 6.36. The zero-order valence-electron chi connectivity index (χ0n) is 11.6. The van der Waals surface area contributed by atoms with Crippen LogP contribution in [0.25, 0.3) is 0 Å². The Balaban J connectivity index is 2.18. The van der Waals surface area contributed by atoms with Gasteiger partial charge in [0.1, 0.15) is 6.10 Å². The molecule has 1 saturated heterocycles. The van der Waals surface area contributed by atoms with Crippen molar-refractivity contribution < 1.29 is 9.84 Å². The molecule has 0 radical (unpaired) electrons. The van der Waals surface area contributed by atoms with Crippen LogP contribution in [0.15, 0.2) is 23.3 Å². The van der Waals surface area contributed by atoms with Crippen molar-refractivity contribution in [3.05, 3.63) is 23.3 Å². The van der Waals surface area contributed by atoms with Crippen molar-refractivity contribution in [3.8, 4) is 0 Å². The average molecular weight is 238 g/mol. The Morgan fingerprint density at radius 3 is 2.47 bits per heavy atom. The summed E-state index contributed by atoms with van der Waals surface area (Å²) in [6.45, 7) is 8.71. The molecule has 1 heterocycles.